The van der Waals surface area contributed by atoms with E-state index in [4.69, 9.17) is 16.3 Å². The fraction of sp³-hybridized carbons (Fsp3) is 0.286. The van der Waals surface area contributed by atoms with E-state index in [0.29, 0.717) is 48.3 Å². The third-order valence-electron chi connectivity index (χ3n) is 4.98. The summed E-state index contributed by atoms with van der Waals surface area (Å²) in [6, 6.07) is 11.9. The Morgan fingerprint density at radius 1 is 1.00 bits per heavy atom. The Balaban J connectivity index is 1.59. The highest BCUT2D eigenvalue weighted by Crippen LogP contribution is 2.35. The van der Waals surface area contributed by atoms with Crippen LogP contribution in [0.15, 0.2) is 42.5 Å². The summed E-state index contributed by atoms with van der Waals surface area (Å²) in [5.74, 6) is -0.850. The first-order valence-corrected chi connectivity index (χ1v) is 9.81. The molecule has 2 aromatic rings. The molecule has 1 N–H and O–H groups in total. The molecule has 7 nitrogen and oxygen atoms in total. The molecule has 0 atom stereocenters. The van der Waals surface area contributed by atoms with Gasteiger partial charge in [0.15, 0.2) is 0 Å². The molecule has 0 unspecified atom stereocenters. The average Bonchev–Trinajstić information content (AvgIpc) is 3.07. The average molecular weight is 414 g/mol. The van der Waals surface area contributed by atoms with Crippen molar-refractivity contribution >= 4 is 46.4 Å². The molecule has 0 bridgehead atoms. The molecule has 4 rings (SSSR count). The summed E-state index contributed by atoms with van der Waals surface area (Å²) in [5, 5.41) is 3.46. The summed E-state index contributed by atoms with van der Waals surface area (Å²) in [6.07, 6.45) is 0.390. The number of ether oxygens (including phenoxy) is 1. The predicted molar refractivity (Wildman–Crippen MR) is 111 cm³/mol. The molecule has 150 valence electrons. The van der Waals surface area contributed by atoms with Gasteiger partial charge in [0.2, 0.25) is 11.8 Å². The van der Waals surface area contributed by atoms with Crippen molar-refractivity contribution < 1.29 is 19.1 Å². The van der Waals surface area contributed by atoms with E-state index >= 15 is 0 Å². The number of benzene rings is 2. The Morgan fingerprint density at radius 3 is 2.41 bits per heavy atom. The lowest BCUT2D eigenvalue weighted by Crippen LogP contribution is -2.37. The summed E-state index contributed by atoms with van der Waals surface area (Å²) in [6.45, 7) is 2.56. The molecule has 2 saturated heterocycles. The summed E-state index contributed by atoms with van der Waals surface area (Å²) < 4.78 is 5.40. The van der Waals surface area contributed by atoms with E-state index in [1.165, 1.54) is 0 Å². The number of nitrogens with one attached hydrogen (secondary N) is 1. The highest BCUT2D eigenvalue weighted by molar-refractivity contribution is 6.34. The molecule has 29 heavy (non-hydrogen) atoms. The van der Waals surface area contributed by atoms with Gasteiger partial charge in [-0.1, -0.05) is 23.7 Å². The lowest BCUT2D eigenvalue weighted by atomic mass is 10.1. The fourth-order valence-corrected chi connectivity index (χ4v) is 3.86. The quantitative estimate of drug-likeness (QED) is 0.779. The Bertz CT molecular complexity index is 956. The molecule has 2 aromatic carbocycles. The molecule has 2 fully saturated rings. The first-order valence-electron chi connectivity index (χ1n) is 9.43. The number of halogens is 1. The lowest BCUT2D eigenvalue weighted by molar-refractivity contribution is -0.121. The van der Waals surface area contributed by atoms with Gasteiger partial charge in [-0.05, 0) is 30.3 Å². The first-order chi connectivity index (χ1) is 14.0. The number of rotatable bonds is 4. The van der Waals surface area contributed by atoms with Gasteiger partial charge in [-0.3, -0.25) is 19.3 Å². The van der Waals surface area contributed by atoms with E-state index in [1.807, 2.05) is 0 Å². The maximum atomic E-state index is 12.9. The van der Waals surface area contributed by atoms with Crippen LogP contribution >= 0.6 is 11.6 Å². The second kappa shape index (κ2) is 8.23. The third kappa shape index (κ3) is 3.97. The molecule has 2 aliphatic heterocycles. The minimum absolute atomic E-state index is 0.195. The third-order valence-corrected chi connectivity index (χ3v) is 5.29. The number of carbonyl (C=O) groups is 3. The molecule has 2 aliphatic rings. The zero-order valence-electron chi connectivity index (χ0n) is 15.7. The number of morpholine rings is 1. The van der Waals surface area contributed by atoms with Crippen LogP contribution in [0.5, 0.6) is 0 Å². The van der Waals surface area contributed by atoms with Gasteiger partial charge in [-0.25, -0.2) is 0 Å². The highest BCUT2D eigenvalue weighted by Gasteiger charge is 2.30. The van der Waals surface area contributed by atoms with Gasteiger partial charge in [-0.2, -0.15) is 0 Å². The maximum Gasteiger partial charge on any atom is 0.255 e. The normalized spacial score (nSPS) is 17.0. The van der Waals surface area contributed by atoms with Gasteiger partial charge in [0, 0.05) is 31.5 Å². The molecular weight excluding hydrogens is 394 g/mol. The van der Waals surface area contributed by atoms with Crippen LogP contribution in [0.1, 0.15) is 23.2 Å². The van der Waals surface area contributed by atoms with Crippen molar-refractivity contribution in [2.24, 2.45) is 0 Å². The van der Waals surface area contributed by atoms with Crippen LogP contribution in [0.2, 0.25) is 5.02 Å². The first kappa shape index (κ1) is 19.4. The molecule has 8 heteroatoms. The fourth-order valence-electron chi connectivity index (χ4n) is 3.57. The van der Waals surface area contributed by atoms with E-state index in [-0.39, 0.29) is 30.6 Å². The second-order valence-electron chi connectivity index (χ2n) is 6.86. The monoisotopic (exact) mass is 413 g/mol. The molecular formula is C21H20ClN3O4. The zero-order chi connectivity index (χ0) is 20.4. The van der Waals surface area contributed by atoms with Crippen LogP contribution in [-0.2, 0) is 14.3 Å². The van der Waals surface area contributed by atoms with Gasteiger partial charge in [-0.15, -0.1) is 0 Å². The van der Waals surface area contributed by atoms with E-state index in [2.05, 4.69) is 10.2 Å². The van der Waals surface area contributed by atoms with Crippen LogP contribution in [-0.4, -0.2) is 44.0 Å². The van der Waals surface area contributed by atoms with E-state index in [1.54, 1.807) is 42.5 Å². The van der Waals surface area contributed by atoms with Crippen molar-refractivity contribution in [3.8, 4) is 0 Å². The van der Waals surface area contributed by atoms with Crippen molar-refractivity contribution in [3.63, 3.8) is 0 Å². The summed E-state index contributed by atoms with van der Waals surface area (Å²) in [5.41, 5.74) is 2.11. The van der Waals surface area contributed by atoms with Crippen molar-refractivity contribution in [1.29, 1.82) is 0 Å². The SMILES string of the molecule is O=C(Nc1cccc(Cl)c1N1CCOCC1)c1cccc(N2C(=O)CCC2=O)c1. The van der Waals surface area contributed by atoms with Gasteiger partial charge < -0.3 is 15.0 Å². The number of hydrogen-bond acceptors (Lipinski definition) is 5. The minimum Gasteiger partial charge on any atom is -0.378 e. The number of hydrogen-bond donors (Lipinski definition) is 1. The Hall–Kier alpha value is -2.90. The van der Waals surface area contributed by atoms with Gasteiger partial charge in [0.05, 0.1) is 35.3 Å². The highest BCUT2D eigenvalue weighted by atomic mass is 35.5. The largest absolute Gasteiger partial charge is 0.378 e. The topological polar surface area (TPSA) is 79.0 Å². The smallest absolute Gasteiger partial charge is 0.255 e. The van der Waals surface area contributed by atoms with E-state index in [0.717, 1.165) is 10.6 Å². The molecule has 0 spiro atoms. The number of carbonyl (C=O) groups excluding carboxylic acids is 3. The van der Waals surface area contributed by atoms with Crippen LogP contribution in [0.4, 0.5) is 17.1 Å². The number of anilines is 3. The van der Waals surface area contributed by atoms with Crippen molar-refractivity contribution in [1.82, 2.24) is 0 Å². The molecule has 0 saturated carbocycles. The Labute approximate surface area is 173 Å². The number of nitrogens with zero attached hydrogens (tertiary/aromatic N) is 2. The predicted octanol–water partition coefficient (Wildman–Crippen LogP) is 3.08. The zero-order valence-corrected chi connectivity index (χ0v) is 16.4. The van der Waals surface area contributed by atoms with Crippen molar-refractivity contribution in [2.45, 2.75) is 12.8 Å². The lowest BCUT2D eigenvalue weighted by Gasteiger charge is -2.31. The molecule has 3 amide bonds. The molecule has 0 aliphatic carbocycles. The Kier molecular flexibility index (Phi) is 5.51. The van der Waals surface area contributed by atoms with E-state index < -0.39 is 0 Å². The number of para-hydroxylation sites is 1. The number of imide groups is 1. The molecule has 0 aromatic heterocycles. The Morgan fingerprint density at radius 2 is 1.69 bits per heavy atom. The standard InChI is InChI=1S/C21H20ClN3O4/c22-16-5-2-6-17(20(16)24-9-11-29-12-10-24)23-21(28)14-3-1-4-15(13-14)25-18(26)7-8-19(25)27/h1-6,13H,7-12H2,(H,23,28). The van der Waals surface area contributed by atoms with Gasteiger partial charge in [0.25, 0.3) is 5.91 Å². The van der Waals surface area contributed by atoms with Crippen molar-refractivity contribution in [3.05, 3.63) is 53.1 Å². The maximum absolute atomic E-state index is 12.9. The van der Waals surface area contributed by atoms with Crippen LogP contribution in [0, 0.1) is 0 Å². The van der Waals surface area contributed by atoms with Gasteiger partial charge >= 0.3 is 0 Å². The summed E-state index contributed by atoms with van der Waals surface area (Å²) >= 11 is 6.42. The van der Waals surface area contributed by atoms with Crippen LogP contribution in [0.25, 0.3) is 0 Å². The van der Waals surface area contributed by atoms with Crippen molar-refractivity contribution in [2.75, 3.05) is 41.4 Å². The minimum atomic E-state index is -0.345. The van der Waals surface area contributed by atoms with E-state index in [9.17, 15) is 14.4 Å². The van der Waals surface area contributed by atoms with Gasteiger partial charge in [0.1, 0.15) is 0 Å². The summed E-state index contributed by atoms with van der Waals surface area (Å²) in [4.78, 5) is 40.1. The second-order valence-corrected chi connectivity index (χ2v) is 7.27. The molecule has 0 radical (unpaired) electrons. The summed E-state index contributed by atoms with van der Waals surface area (Å²) in [7, 11) is 0. The molecule has 2 heterocycles. The van der Waals surface area contributed by atoms with Crippen LogP contribution in [0.3, 0.4) is 0 Å². The number of amides is 3. The van der Waals surface area contributed by atoms with Crippen LogP contribution < -0.4 is 15.1 Å².